The Hall–Kier alpha value is -3.34. The normalized spacial score (nSPS) is 10.7. The number of hydrogen-bond donors (Lipinski definition) is 5. The number of nitrogens with one attached hydrogen (secondary N) is 3. The summed E-state index contributed by atoms with van der Waals surface area (Å²) in [6.45, 7) is 1.77. The van der Waals surface area contributed by atoms with Crippen LogP contribution in [-0.4, -0.2) is 28.1 Å². The molecule has 10 heteroatoms. The first-order chi connectivity index (χ1) is 14.9. The van der Waals surface area contributed by atoms with Crippen molar-refractivity contribution in [2.45, 2.75) is 32.6 Å². The standard InChI is InChI=1S/C21H25N7O2S/c1-13(29)26-21-28-17(9-6-14-4-7-16(8-5-14)27-20(22)23)18(31-21)19(30)25-12-15-3-2-10-24-11-15/h2-5,7-8,10-11,20,27H,6,9,12,22-23H2,1H3,(H,25,30)(H,26,28,29). The number of nitrogens with zero attached hydrogens (tertiary/aromatic N) is 2. The van der Waals surface area contributed by atoms with E-state index in [1.807, 2.05) is 36.4 Å². The van der Waals surface area contributed by atoms with Crippen molar-refractivity contribution in [3.05, 3.63) is 70.5 Å². The van der Waals surface area contributed by atoms with Crippen molar-refractivity contribution in [3.8, 4) is 0 Å². The number of aromatic nitrogens is 2. The molecule has 9 nitrogen and oxygen atoms in total. The number of hydrogen-bond acceptors (Lipinski definition) is 8. The van der Waals surface area contributed by atoms with Crippen LogP contribution in [0.1, 0.15) is 33.4 Å². The van der Waals surface area contributed by atoms with Crippen molar-refractivity contribution in [2.75, 3.05) is 10.6 Å². The van der Waals surface area contributed by atoms with E-state index in [2.05, 4.69) is 25.9 Å². The van der Waals surface area contributed by atoms with Crippen LogP contribution in [0.25, 0.3) is 0 Å². The molecule has 0 saturated carbocycles. The summed E-state index contributed by atoms with van der Waals surface area (Å²) in [7, 11) is 0. The van der Waals surface area contributed by atoms with Crippen LogP contribution in [0.5, 0.6) is 0 Å². The van der Waals surface area contributed by atoms with Crippen LogP contribution >= 0.6 is 11.3 Å². The highest BCUT2D eigenvalue weighted by atomic mass is 32.1. The number of benzene rings is 1. The Balaban J connectivity index is 1.69. The first-order valence-corrected chi connectivity index (χ1v) is 10.5. The summed E-state index contributed by atoms with van der Waals surface area (Å²) in [5.74, 6) is -0.465. The molecule has 2 heterocycles. The summed E-state index contributed by atoms with van der Waals surface area (Å²) >= 11 is 1.17. The third kappa shape index (κ3) is 6.85. The highest BCUT2D eigenvalue weighted by molar-refractivity contribution is 7.17. The minimum atomic E-state index is -0.624. The maximum atomic E-state index is 12.8. The van der Waals surface area contributed by atoms with Crippen LogP contribution in [0, 0.1) is 0 Å². The number of aryl methyl sites for hydroxylation is 2. The summed E-state index contributed by atoms with van der Waals surface area (Å²) in [5, 5.41) is 8.89. The van der Waals surface area contributed by atoms with E-state index >= 15 is 0 Å². The first-order valence-electron chi connectivity index (χ1n) is 9.72. The fourth-order valence-corrected chi connectivity index (χ4v) is 3.87. The molecule has 162 valence electrons. The number of thiazole rings is 1. The van der Waals surface area contributed by atoms with Crippen molar-refractivity contribution in [1.29, 1.82) is 0 Å². The molecule has 31 heavy (non-hydrogen) atoms. The van der Waals surface area contributed by atoms with Gasteiger partial charge in [0.05, 0.1) is 5.69 Å². The van der Waals surface area contributed by atoms with Gasteiger partial charge in [-0.1, -0.05) is 29.5 Å². The second kappa shape index (κ2) is 10.6. The highest BCUT2D eigenvalue weighted by Gasteiger charge is 2.18. The van der Waals surface area contributed by atoms with Crippen LogP contribution in [-0.2, 0) is 24.2 Å². The summed E-state index contributed by atoms with van der Waals surface area (Å²) in [4.78, 5) is 33.2. The van der Waals surface area contributed by atoms with E-state index in [0.29, 0.717) is 35.1 Å². The monoisotopic (exact) mass is 439 g/mol. The number of pyridine rings is 1. The molecule has 0 fully saturated rings. The van der Waals surface area contributed by atoms with Gasteiger partial charge < -0.3 is 16.0 Å². The van der Waals surface area contributed by atoms with Crippen LogP contribution in [0.4, 0.5) is 10.8 Å². The van der Waals surface area contributed by atoms with Crippen LogP contribution in [0.2, 0.25) is 0 Å². The van der Waals surface area contributed by atoms with E-state index in [1.165, 1.54) is 18.3 Å². The molecule has 3 rings (SSSR count). The van der Waals surface area contributed by atoms with E-state index in [-0.39, 0.29) is 11.8 Å². The molecule has 2 amide bonds. The first kappa shape index (κ1) is 22.3. The van der Waals surface area contributed by atoms with Gasteiger partial charge in [0.1, 0.15) is 11.2 Å². The molecular formula is C21H25N7O2S. The van der Waals surface area contributed by atoms with Gasteiger partial charge in [-0.2, -0.15) is 0 Å². The van der Waals surface area contributed by atoms with Gasteiger partial charge in [0.15, 0.2) is 5.13 Å². The Morgan fingerprint density at radius 2 is 1.87 bits per heavy atom. The minimum Gasteiger partial charge on any atom is -0.358 e. The molecule has 0 saturated heterocycles. The SMILES string of the molecule is CC(=O)Nc1nc(CCc2ccc(NC(N)N)cc2)c(C(=O)NCc2cccnc2)s1. The smallest absolute Gasteiger partial charge is 0.263 e. The lowest BCUT2D eigenvalue weighted by atomic mass is 10.1. The fourth-order valence-electron chi connectivity index (χ4n) is 2.89. The number of rotatable bonds is 9. The quantitative estimate of drug-likeness (QED) is 0.319. The zero-order valence-electron chi connectivity index (χ0n) is 17.1. The van der Waals surface area contributed by atoms with E-state index in [9.17, 15) is 9.59 Å². The fraction of sp³-hybridized carbons (Fsp3) is 0.238. The molecule has 0 atom stereocenters. The predicted molar refractivity (Wildman–Crippen MR) is 121 cm³/mol. The van der Waals surface area contributed by atoms with Gasteiger partial charge in [-0.3, -0.25) is 26.0 Å². The average molecular weight is 440 g/mol. The summed E-state index contributed by atoms with van der Waals surface area (Å²) in [5.41, 5.74) is 14.5. The van der Waals surface area contributed by atoms with E-state index in [1.54, 1.807) is 12.4 Å². The number of carbonyl (C=O) groups excluding carboxylic acids is 2. The molecule has 0 bridgehead atoms. The zero-order valence-corrected chi connectivity index (χ0v) is 17.9. The van der Waals surface area contributed by atoms with Gasteiger partial charge in [0.2, 0.25) is 5.91 Å². The minimum absolute atomic E-state index is 0.232. The average Bonchev–Trinajstić information content (AvgIpc) is 3.14. The molecule has 0 radical (unpaired) electrons. The van der Waals surface area contributed by atoms with Crippen molar-refractivity contribution in [1.82, 2.24) is 15.3 Å². The number of amides is 2. The van der Waals surface area contributed by atoms with Crippen LogP contribution in [0.15, 0.2) is 48.8 Å². The second-order valence-corrected chi connectivity index (χ2v) is 7.89. The van der Waals surface area contributed by atoms with E-state index in [4.69, 9.17) is 11.5 Å². The zero-order chi connectivity index (χ0) is 22.2. The number of carbonyl (C=O) groups is 2. The molecule has 0 unspecified atom stereocenters. The molecule has 1 aromatic carbocycles. The van der Waals surface area contributed by atoms with Crippen molar-refractivity contribution >= 4 is 34.0 Å². The molecular weight excluding hydrogens is 414 g/mol. The largest absolute Gasteiger partial charge is 0.358 e. The summed E-state index contributed by atoms with van der Waals surface area (Å²) < 4.78 is 0. The molecule has 7 N–H and O–H groups in total. The predicted octanol–water partition coefficient (Wildman–Crippen LogP) is 1.82. The molecule has 0 aliphatic carbocycles. The topological polar surface area (TPSA) is 148 Å². The van der Waals surface area contributed by atoms with Gasteiger partial charge in [-0.05, 0) is 42.2 Å². The maximum absolute atomic E-state index is 12.8. The maximum Gasteiger partial charge on any atom is 0.263 e. The highest BCUT2D eigenvalue weighted by Crippen LogP contribution is 2.25. The third-order valence-corrected chi connectivity index (χ3v) is 5.31. The number of anilines is 2. The Morgan fingerprint density at radius 3 is 2.52 bits per heavy atom. The van der Waals surface area contributed by atoms with E-state index < -0.39 is 6.29 Å². The molecule has 0 spiro atoms. The Bertz CT molecular complexity index is 1020. The van der Waals surface area contributed by atoms with Crippen LogP contribution < -0.4 is 27.4 Å². The Morgan fingerprint density at radius 1 is 1.10 bits per heavy atom. The number of nitrogens with two attached hydrogens (primary N) is 2. The Kier molecular flexibility index (Phi) is 7.65. The Labute approximate surface area is 184 Å². The summed E-state index contributed by atoms with van der Waals surface area (Å²) in [6, 6.07) is 11.4. The summed E-state index contributed by atoms with van der Waals surface area (Å²) in [6.07, 6.45) is 3.99. The lowest BCUT2D eigenvalue weighted by Crippen LogP contribution is -2.38. The molecule has 3 aromatic rings. The third-order valence-electron chi connectivity index (χ3n) is 4.30. The van der Waals surface area contributed by atoms with Gasteiger partial charge in [0, 0.05) is 31.5 Å². The van der Waals surface area contributed by atoms with Gasteiger partial charge in [-0.25, -0.2) is 4.98 Å². The van der Waals surface area contributed by atoms with Crippen LogP contribution in [0.3, 0.4) is 0 Å². The second-order valence-electron chi connectivity index (χ2n) is 6.89. The molecule has 0 aliphatic rings. The molecule has 2 aromatic heterocycles. The van der Waals surface area contributed by atoms with Gasteiger partial charge in [-0.15, -0.1) is 0 Å². The lowest BCUT2D eigenvalue weighted by molar-refractivity contribution is -0.114. The lowest BCUT2D eigenvalue weighted by Gasteiger charge is -2.10. The van der Waals surface area contributed by atoms with Crippen molar-refractivity contribution < 1.29 is 9.59 Å². The van der Waals surface area contributed by atoms with Crippen molar-refractivity contribution in [3.63, 3.8) is 0 Å². The van der Waals surface area contributed by atoms with E-state index in [0.717, 1.165) is 16.8 Å². The molecule has 0 aliphatic heterocycles. The van der Waals surface area contributed by atoms with Crippen molar-refractivity contribution in [2.24, 2.45) is 11.5 Å². The van der Waals surface area contributed by atoms with Gasteiger partial charge >= 0.3 is 0 Å². The van der Waals surface area contributed by atoms with Gasteiger partial charge in [0.25, 0.3) is 5.91 Å².